The van der Waals surface area contributed by atoms with E-state index < -0.39 is 12.1 Å². The molecule has 0 aromatic heterocycles. The SMILES string of the molecule is COc1ccc2c3c(cccc13)N(C(=O)C(F)(F)F)N=C2C. The van der Waals surface area contributed by atoms with Gasteiger partial charge in [-0.2, -0.15) is 23.3 Å². The summed E-state index contributed by atoms with van der Waals surface area (Å²) in [5.74, 6) is -1.50. The van der Waals surface area contributed by atoms with Crippen LogP contribution in [0.15, 0.2) is 35.4 Å². The van der Waals surface area contributed by atoms with Gasteiger partial charge in [0.05, 0.1) is 18.5 Å². The van der Waals surface area contributed by atoms with Crippen molar-refractivity contribution in [3.63, 3.8) is 0 Å². The molecule has 0 fully saturated rings. The van der Waals surface area contributed by atoms with E-state index in [9.17, 15) is 18.0 Å². The van der Waals surface area contributed by atoms with Crippen molar-refractivity contribution in [2.75, 3.05) is 12.1 Å². The van der Waals surface area contributed by atoms with Crippen LogP contribution in [0.1, 0.15) is 12.5 Å². The van der Waals surface area contributed by atoms with Crippen molar-refractivity contribution in [2.45, 2.75) is 13.1 Å². The standard InChI is InChI=1S/C15H11F3N2O2/c1-8-9-6-7-12(22-2)10-4-3-5-11(13(9)10)20(19-8)14(21)15(16,17)18/h3-7H,1-2H3. The summed E-state index contributed by atoms with van der Waals surface area (Å²) in [6.07, 6.45) is -5.00. The average Bonchev–Trinajstić information content (AvgIpc) is 2.48. The fourth-order valence-electron chi connectivity index (χ4n) is 2.55. The van der Waals surface area contributed by atoms with E-state index in [-0.39, 0.29) is 5.69 Å². The van der Waals surface area contributed by atoms with Crippen LogP contribution in [0.4, 0.5) is 18.9 Å². The van der Waals surface area contributed by atoms with Crippen LogP contribution in [-0.4, -0.2) is 24.9 Å². The molecule has 3 rings (SSSR count). The van der Waals surface area contributed by atoms with Crippen LogP contribution in [0.2, 0.25) is 0 Å². The number of hydrogen-bond acceptors (Lipinski definition) is 3. The molecule has 22 heavy (non-hydrogen) atoms. The fraction of sp³-hybridized carbons (Fsp3) is 0.200. The molecule has 4 nitrogen and oxygen atoms in total. The molecule has 0 radical (unpaired) electrons. The highest BCUT2D eigenvalue weighted by Crippen LogP contribution is 2.39. The van der Waals surface area contributed by atoms with Gasteiger partial charge in [-0.25, -0.2) is 0 Å². The number of carbonyl (C=O) groups is 1. The third-order valence-electron chi connectivity index (χ3n) is 3.50. The van der Waals surface area contributed by atoms with E-state index in [1.165, 1.54) is 13.2 Å². The van der Waals surface area contributed by atoms with Gasteiger partial charge < -0.3 is 4.74 Å². The molecule has 0 unspecified atom stereocenters. The Kier molecular flexibility index (Phi) is 3.09. The Labute approximate surface area is 123 Å². The number of benzene rings is 2. The third kappa shape index (κ3) is 2.01. The first-order chi connectivity index (χ1) is 10.3. The van der Waals surface area contributed by atoms with E-state index >= 15 is 0 Å². The van der Waals surface area contributed by atoms with E-state index in [0.29, 0.717) is 32.8 Å². The van der Waals surface area contributed by atoms with Crippen LogP contribution in [0, 0.1) is 0 Å². The summed E-state index contributed by atoms with van der Waals surface area (Å²) in [7, 11) is 1.48. The molecule has 0 saturated heterocycles. The van der Waals surface area contributed by atoms with Crippen molar-refractivity contribution in [1.82, 2.24) is 0 Å². The molecule has 0 atom stereocenters. The maximum Gasteiger partial charge on any atom is 0.473 e. The van der Waals surface area contributed by atoms with Crippen LogP contribution in [0.25, 0.3) is 10.8 Å². The zero-order valence-electron chi connectivity index (χ0n) is 11.7. The van der Waals surface area contributed by atoms with Crippen molar-refractivity contribution in [1.29, 1.82) is 0 Å². The molecule has 2 aromatic rings. The summed E-state index contributed by atoms with van der Waals surface area (Å²) < 4.78 is 43.6. The van der Waals surface area contributed by atoms with Crippen molar-refractivity contribution in [2.24, 2.45) is 5.10 Å². The largest absolute Gasteiger partial charge is 0.496 e. The number of nitrogens with zero attached hydrogens (tertiary/aromatic N) is 2. The van der Waals surface area contributed by atoms with Gasteiger partial charge in [-0.05, 0) is 25.1 Å². The summed E-state index contributed by atoms with van der Waals surface area (Å²) in [4.78, 5) is 11.6. The quantitative estimate of drug-likeness (QED) is 0.809. The molecule has 114 valence electrons. The Balaban J connectivity index is 2.32. The molecule has 0 bridgehead atoms. The van der Waals surface area contributed by atoms with Crippen molar-refractivity contribution >= 4 is 28.1 Å². The topological polar surface area (TPSA) is 41.9 Å². The second-order valence-corrected chi connectivity index (χ2v) is 4.82. The average molecular weight is 308 g/mol. The van der Waals surface area contributed by atoms with Crippen LogP contribution >= 0.6 is 0 Å². The first kappa shape index (κ1) is 14.4. The summed E-state index contributed by atoms with van der Waals surface area (Å²) in [5, 5.41) is 5.37. The summed E-state index contributed by atoms with van der Waals surface area (Å²) in [5.41, 5.74) is 1.11. The first-order valence-corrected chi connectivity index (χ1v) is 6.41. The molecule has 0 saturated carbocycles. The van der Waals surface area contributed by atoms with Crippen molar-refractivity contribution in [3.8, 4) is 5.75 Å². The molecule has 0 spiro atoms. The molecule has 1 amide bonds. The third-order valence-corrected chi connectivity index (χ3v) is 3.50. The number of hydrogen-bond donors (Lipinski definition) is 0. The van der Waals surface area contributed by atoms with Gasteiger partial charge >= 0.3 is 12.1 Å². The van der Waals surface area contributed by atoms with Crippen LogP contribution in [-0.2, 0) is 4.79 Å². The van der Waals surface area contributed by atoms with Gasteiger partial charge in [-0.15, -0.1) is 0 Å². The lowest BCUT2D eigenvalue weighted by Gasteiger charge is -2.26. The van der Waals surface area contributed by atoms with Gasteiger partial charge in [0.1, 0.15) is 5.75 Å². The number of ether oxygens (including phenoxy) is 1. The van der Waals surface area contributed by atoms with Crippen molar-refractivity contribution in [3.05, 3.63) is 35.9 Å². The zero-order valence-corrected chi connectivity index (χ0v) is 11.7. The van der Waals surface area contributed by atoms with Gasteiger partial charge in [-0.3, -0.25) is 4.79 Å². The number of rotatable bonds is 1. The van der Waals surface area contributed by atoms with Gasteiger partial charge in [0.15, 0.2) is 0 Å². The smallest absolute Gasteiger partial charge is 0.473 e. The number of halogens is 3. The minimum atomic E-state index is -5.00. The number of hydrazone groups is 1. The number of alkyl halides is 3. The number of methoxy groups -OCH3 is 1. The van der Waals surface area contributed by atoms with Crippen LogP contribution < -0.4 is 9.75 Å². The highest BCUT2D eigenvalue weighted by Gasteiger charge is 2.45. The first-order valence-electron chi connectivity index (χ1n) is 6.41. The van der Waals surface area contributed by atoms with E-state index in [4.69, 9.17) is 4.74 Å². The van der Waals surface area contributed by atoms with Crippen LogP contribution in [0.5, 0.6) is 5.75 Å². The highest BCUT2D eigenvalue weighted by molar-refractivity contribution is 6.20. The minimum Gasteiger partial charge on any atom is -0.496 e. The number of amides is 1. The monoisotopic (exact) mass is 308 g/mol. The normalized spacial score (nSPS) is 14.0. The maximum absolute atomic E-state index is 12.8. The minimum absolute atomic E-state index is 0.0966. The van der Waals surface area contributed by atoms with Gasteiger partial charge in [0.25, 0.3) is 0 Å². The maximum atomic E-state index is 12.8. The molecule has 2 aromatic carbocycles. The van der Waals surface area contributed by atoms with Crippen molar-refractivity contribution < 1.29 is 22.7 Å². The fourth-order valence-corrected chi connectivity index (χ4v) is 2.55. The number of carbonyl (C=O) groups excluding carboxylic acids is 1. The summed E-state index contributed by atoms with van der Waals surface area (Å²) >= 11 is 0. The van der Waals surface area contributed by atoms with E-state index in [2.05, 4.69) is 5.10 Å². The lowest BCUT2D eigenvalue weighted by molar-refractivity contribution is -0.170. The highest BCUT2D eigenvalue weighted by atomic mass is 19.4. The zero-order chi connectivity index (χ0) is 16.1. The number of anilines is 1. The molecule has 1 aliphatic heterocycles. The van der Waals surface area contributed by atoms with E-state index in [1.54, 1.807) is 31.2 Å². The lowest BCUT2D eigenvalue weighted by Crippen LogP contribution is -2.39. The summed E-state index contributed by atoms with van der Waals surface area (Å²) in [6.45, 7) is 1.56. The Bertz CT molecular complexity index is 812. The lowest BCUT2D eigenvalue weighted by atomic mass is 9.97. The molecular formula is C15H11F3N2O2. The molecule has 1 heterocycles. The molecule has 0 aliphatic carbocycles. The second kappa shape index (κ2) is 4.72. The van der Waals surface area contributed by atoms with Gasteiger partial charge in [0.2, 0.25) is 0 Å². The van der Waals surface area contributed by atoms with Gasteiger partial charge in [0, 0.05) is 16.3 Å². The van der Waals surface area contributed by atoms with Crippen LogP contribution in [0.3, 0.4) is 0 Å². The Hall–Kier alpha value is -2.57. The molecule has 0 N–H and O–H groups in total. The Morgan fingerprint density at radius 1 is 1.23 bits per heavy atom. The Morgan fingerprint density at radius 3 is 2.59 bits per heavy atom. The van der Waals surface area contributed by atoms with Gasteiger partial charge in [-0.1, -0.05) is 12.1 Å². The second-order valence-electron chi connectivity index (χ2n) is 4.82. The molecule has 7 heteroatoms. The predicted octanol–water partition coefficient (Wildman–Crippen LogP) is 3.48. The Morgan fingerprint density at radius 2 is 1.95 bits per heavy atom. The van der Waals surface area contributed by atoms with E-state index in [0.717, 1.165) is 0 Å². The molecule has 1 aliphatic rings. The summed E-state index contributed by atoms with van der Waals surface area (Å²) in [6, 6.07) is 8.18. The predicted molar refractivity (Wildman–Crippen MR) is 76.3 cm³/mol. The van der Waals surface area contributed by atoms with E-state index in [1.807, 2.05) is 0 Å². The molecular weight excluding hydrogens is 297 g/mol.